The smallest absolute Gasteiger partial charge is 0.260 e. The first-order valence-electron chi connectivity index (χ1n) is 7.83. The summed E-state index contributed by atoms with van der Waals surface area (Å²) in [5.74, 6) is 0.460. The van der Waals surface area contributed by atoms with E-state index in [2.05, 4.69) is 0 Å². The Morgan fingerprint density at radius 2 is 1.58 bits per heavy atom. The van der Waals surface area contributed by atoms with Crippen LogP contribution in [0.4, 0.5) is 0 Å². The maximum atomic E-state index is 12.4. The maximum Gasteiger partial charge on any atom is 0.260 e. The van der Waals surface area contributed by atoms with Crippen molar-refractivity contribution < 1.29 is 14.3 Å². The fourth-order valence-corrected chi connectivity index (χ4v) is 2.51. The highest BCUT2D eigenvalue weighted by Gasteiger charge is 2.29. The van der Waals surface area contributed by atoms with Gasteiger partial charge in [-0.25, -0.2) is 0 Å². The van der Waals surface area contributed by atoms with Crippen LogP contribution in [0.3, 0.4) is 0 Å². The Kier molecular flexibility index (Phi) is 4.86. The second kappa shape index (κ2) is 7.05. The first kappa shape index (κ1) is 16.5. The van der Waals surface area contributed by atoms with Crippen molar-refractivity contribution in [3.8, 4) is 5.75 Å². The molecule has 2 aromatic carbocycles. The quantitative estimate of drug-likeness (QED) is 0.753. The molecule has 4 nitrogen and oxygen atoms in total. The number of ether oxygens (including phenoxy) is 1. The van der Waals surface area contributed by atoms with E-state index >= 15 is 0 Å². The predicted molar refractivity (Wildman–Crippen MR) is 92.6 cm³/mol. The van der Waals surface area contributed by atoms with Crippen molar-refractivity contribution in [2.24, 2.45) is 0 Å². The third-order valence-corrected chi connectivity index (χ3v) is 4.33. The monoisotopic (exact) mass is 343 g/mol. The van der Waals surface area contributed by atoms with Crippen LogP contribution < -0.4 is 4.74 Å². The molecule has 0 unspecified atom stereocenters. The van der Waals surface area contributed by atoms with Crippen molar-refractivity contribution in [2.45, 2.75) is 18.9 Å². The summed E-state index contributed by atoms with van der Waals surface area (Å²) in [5, 5.41) is 0.594. The summed E-state index contributed by atoms with van der Waals surface area (Å²) in [4.78, 5) is 26.0. The lowest BCUT2D eigenvalue weighted by atomic mass is 10.0. The third kappa shape index (κ3) is 3.95. The van der Waals surface area contributed by atoms with Crippen molar-refractivity contribution in [1.29, 1.82) is 0 Å². The molecule has 1 aliphatic carbocycles. The second-order valence-corrected chi connectivity index (χ2v) is 6.32. The van der Waals surface area contributed by atoms with Crippen LogP contribution in [0.15, 0.2) is 48.5 Å². The normalized spacial score (nSPS) is 13.4. The summed E-state index contributed by atoms with van der Waals surface area (Å²) < 4.78 is 5.50. The molecular formula is C19H18ClNO3. The number of amides is 1. The standard InChI is InChI=1S/C19H18ClNO3/c1-21(16-8-9-16)18(22)12-24-17-10-4-14(5-11-17)19(23)13-2-6-15(20)7-3-13/h2-7,10-11,16H,8-9,12H2,1H3. The first-order valence-corrected chi connectivity index (χ1v) is 8.21. The summed E-state index contributed by atoms with van der Waals surface area (Å²) in [6.07, 6.45) is 2.15. The number of hydrogen-bond acceptors (Lipinski definition) is 3. The number of carbonyl (C=O) groups is 2. The molecule has 0 aromatic heterocycles. The van der Waals surface area contributed by atoms with Crippen LogP contribution >= 0.6 is 11.6 Å². The second-order valence-electron chi connectivity index (χ2n) is 5.88. The number of ketones is 1. The zero-order valence-electron chi connectivity index (χ0n) is 13.4. The molecule has 0 N–H and O–H groups in total. The highest BCUT2D eigenvalue weighted by Crippen LogP contribution is 2.25. The Bertz CT molecular complexity index is 736. The van der Waals surface area contributed by atoms with E-state index in [0.717, 1.165) is 12.8 Å². The van der Waals surface area contributed by atoms with Gasteiger partial charge in [0, 0.05) is 29.2 Å². The highest BCUT2D eigenvalue weighted by molar-refractivity contribution is 6.30. The topological polar surface area (TPSA) is 46.6 Å². The van der Waals surface area contributed by atoms with E-state index < -0.39 is 0 Å². The van der Waals surface area contributed by atoms with Gasteiger partial charge in [-0.15, -0.1) is 0 Å². The molecule has 3 rings (SSSR count). The number of carbonyl (C=O) groups excluding carboxylic acids is 2. The largest absolute Gasteiger partial charge is 0.484 e. The van der Waals surface area contributed by atoms with Crippen LogP contribution in [-0.4, -0.2) is 36.3 Å². The van der Waals surface area contributed by atoms with Crippen molar-refractivity contribution in [3.63, 3.8) is 0 Å². The van der Waals surface area contributed by atoms with Crippen molar-refractivity contribution in [3.05, 3.63) is 64.7 Å². The highest BCUT2D eigenvalue weighted by atomic mass is 35.5. The number of halogens is 1. The fourth-order valence-electron chi connectivity index (χ4n) is 2.38. The molecule has 2 aromatic rings. The molecule has 1 aliphatic rings. The fraction of sp³-hybridized carbons (Fsp3) is 0.263. The van der Waals surface area contributed by atoms with Gasteiger partial charge in [0.25, 0.3) is 5.91 Å². The number of nitrogens with zero attached hydrogens (tertiary/aromatic N) is 1. The number of rotatable bonds is 6. The van der Waals surface area contributed by atoms with E-state index in [9.17, 15) is 9.59 Å². The number of likely N-dealkylation sites (N-methyl/N-ethyl adjacent to an activating group) is 1. The Labute approximate surface area is 146 Å². The van der Waals surface area contributed by atoms with Crippen molar-refractivity contribution in [1.82, 2.24) is 4.90 Å². The van der Waals surface area contributed by atoms with E-state index in [1.54, 1.807) is 60.5 Å². The number of benzene rings is 2. The average Bonchev–Trinajstić information content (AvgIpc) is 3.44. The maximum absolute atomic E-state index is 12.4. The molecule has 0 bridgehead atoms. The number of hydrogen-bond donors (Lipinski definition) is 0. The molecule has 0 heterocycles. The van der Waals surface area contributed by atoms with Crippen LogP contribution in [-0.2, 0) is 4.79 Å². The van der Waals surface area contributed by atoms with Gasteiger partial charge in [0.05, 0.1) is 0 Å². The lowest BCUT2D eigenvalue weighted by Crippen LogP contribution is -2.33. The van der Waals surface area contributed by atoms with Crippen LogP contribution in [0.1, 0.15) is 28.8 Å². The first-order chi connectivity index (χ1) is 11.5. The molecular weight excluding hydrogens is 326 g/mol. The Hall–Kier alpha value is -2.33. The van der Waals surface area contributed by atoms with Crippen LogP contribution in [0, 0.1) is 0 Å². The summed E-state index contributed by atoms with van der Waals surface area (Å²) in [6, 6.07) is 13.9. The molecule has 0 aliphatic heterocycles. The van der Waals surface area contributed by atoms with E-state index in [1.165, 1.54) is 0 Å². The Morgan fingerprint density at radius 1 is 1.04 bits per heavy atom. The van der Waals surface area contributed by atoms with E-state index in [4.69, 9.17) is 16.3 Å². The van der Waals surface area contributed by atoms with E-state index in [1.807, 2.05) is 0 Å². The zero-order valence-corrected chi connectivity index (χ0v) is 14.1. The van der Waals surface area contributed by atoms with Gasteiger partial charge in [-0.05, 0) is 61.4 Å². The molecule has 0 saturated heterocycles. The molecule has 124 valence electrons. The zero-order chi connectivity index (χ0) is 17.1. The third-order valence-electron chi connectivity index (χ3n) is 4.07. The van der Waals surface area contributed by atoms with Gasteiger partial charge in [0.2, 0.25) is 0 Å². The van der Waals surface area contributed by atoms with Crippen molar-refractivity contribution in [2.75, 3.05) is 13.7 Å². The van der Waals surface area contributed by atoms with Gasteiger partial charge >= 0.3 is 0 Å². The minimum atomic E-state index is -0.0808. The van der Waals surface area contributed by atoms with Gasteiger partial charge in [-0.1, -0.05) is 11.6 Å². The Balaban J connectivity index is 1.59. The van der Waals surface area contributed by atoms with Gasteiger partial charge in [-0.2, -0.15) is 0 Å². The lowest BCUT2D eigenvalue weighted by molar-refractivity contribution is -0.132. The summed E-state index contributed by atoms with van der Waals surface area (Å²) >= 11 is 5.83. The van der Waals surface area contributed by atoms with Crippen LogP contribution in [0.25, 0.3) is 0 Å². The molecule has 0 spiro atoms. The van der Waals surface area contributed by atoms with Gasteiger partial charge in [0.15, 0.2) is 12.4 Å². The van der Waals surface area contributed by atoms with E-state index in [-0.39, 0.29) is 18.3 Å². The molecule has 1 saturated carbocycles. The minimum absolute atomic E-state index is 0.0114. The average molecular weight is 344 g/mol. The SMILES string of the molecule is CN(C(=O)COc1ccc(C(=O)c2ccc(Cl)cc2)cc1)C1CC1. The summed E-state index contributed by atoms with van der Waals surface area (Å²) in [6.45, 7) is 0.0114. The summed E-state index contributed by atoms with van der Waals surface area (Å²) in [5.41, 5.74) is 1.14. The lowest BCUT2D eigenvalue weighted by Gasteiger charge is -2.16. The van der Waals surface area contributed by atoms with Crippen LogP contribution in [0.2, 0.25) is 5.02 Å². The van der Waals surface area contributed by atoms with Gasteiger partial charge < -0.3 is 9.64 Å². The van der Waals surface area contributed by atoms with Crippen molar-refractivity contribution >= 4 is 23.3 Å². The van der Waals surface area contributed by atoms with Gasteiger partial charge in [-0.3, -0.25) is 9.59 Å². The molecule has 0 radical (unpaired) electrons. The molecule has 1 amide bonds. The Morgan fingerprint density at radius 3 is 2.12 bits per heavy atom. The predicted octanol–water partition coefficient (Wildman–Crippen LogP) is 3.57. The molecule has 24 heavy (non-hydrogen) atoms. The summed E-state index contributed by atoms with van der Waals surface area (Å²) in [7, 11) is 1.80. The van der Waals surface area contributed by atoms with Gasteiger partial charge in [0.1, 0.15) is 5.75 Å². The van der Waals surface area contributed by atoms with Crippen LogP contribution in [0.5, 0.6) is 5.75 Å². The minimum Gasteiger partial charge on any atom is -0.484 e. The van der Waals surface area contributed by atoms with E-state index in [0.29, 0.717) is 27.9 Å². The molecule has 1 fully saturated rings. The molecule has 0 atom stereocenters. The molecule has 5 heteroatoms.